The molecular formula is C11H19N3O3S. The molecule has 0 amide bonds. The molecule has 1 rings (SSSR count). The summed E-state index contributed by atoms with van der Waals surface area (Å²) in [6.45, 7) is 7.42. The van der Waals surface area contributed by atoms with Gasteiger partial charge in [0.05, 0.1) is 11.4 Å². The maximum absolute atomic E-state index is 11.1. The third-order valence-electron chi connectivity index (χ3n) is 2.82. The van der Waals surface area contributed by atoms with Gasteiger partial charge in [-0.15, -0.1) is 0 Å². The van der Waals surface area contributed by atoms with Crippen LogP contribution in [0.15, 0.2) is 12.1 Å². The summed E-state index contributed by atoms with van der Waals surface area (Å²) < 4.78 is 31.9. The first-order valence-electron chi connectivity index (χ1n) is 5.75. The van der Waals surface area contributed by atoms with E-state index >= 15 is 0 Å². The van der Waals surface area contributed by atoms with Crippen LogP contribution in [-0.4, -0.2) is 38.1 Å². The van der Waals surface area contributed by atoms with Crippen molar-refractivity contribution in [3.63, 3.8) is 0 Å². The molecule has 1 aromatic heterocycles. The lowest BCUT2D eigenvalue weighted by Gasteiger charge is -2.22. The number of hydrogen-bond donors (Lipinski definition) is 1. The molecule has 1 heterocycles. The van der Waals surface area contributed by atoms with Crippen LogP contribution in [0, 0.1) is 6.92 Å². The zero-order valence-corrected chi connectivity index (χ0v) is 11.9. The van der Waals surface area contributed by atoms with Crippen molar-refractivity contribution in [3.8, 4) is 0 Å². The Morgan fingerprint density at radius 3 is 2.22 bits per heavy atom. The summed E-state index contributed by atoms with van der Waals surface area (Å²) in [7, 11) is -2.95. The predicted molar refractivity (Wildman–Crippen MR) is 72.5 cm³/mol. The van der Waals surface area contributed by atoms with Crippen LogP contribution in [0.4, 0.5) is 11.5 Å². The summed E-state index contributed by atoms with van der Waals surface area (Å²) >= 11 is 0. The minimum absolute atomic E-state index is 0.369. The van der Waals surface area contributed by atoms with Gasteiger partial charge in [0.1, 0.15) is 5.82 Å². The van der Waals surface area contributed by atoms with Gasteiger partial charge in [-0.2, -0.15) is 8.42 Å². The summed E-state index contributed by atoms with van der Waals surface area (Å²) in [6.07, 6.45) is 0. The average molecular weight is 273 g/mol. The first kappa shape index (κ1) is 14.7. The van der Waals surface area contributed by atoms with Crippen LogP contribution in [0.1, 0.15) is 19.5 Å². The molecular weight excluding hydrogens is 254 g/mol. The number of hydrogen-bond acceptors (Lipinski definition) is 4. The second-order valence-corrected chi connectivity index (χ2v) is 5.33. The SMILES string of the molecule is CCN(CC)c1ccc(N(C)S(=O)(=O)O)c(C)n1. The van der Waals surface area contributed by atoms with E-state index in [-0.39, 0.29) is 0 Å². The fraction of sp³-hybridized carbons (Fsp3) is 0.545. The molecule has 0 unspecified atom stereocenters. The van der Waals surface area contributed by atoms with E-state index in [9.17, 15) is 8.42 Å². The van der Waals surface area contributed by atoms with E-state index in [4.69, 9.17) is 4.55 Å². The van der Waals surface area contributed by atoms with E-state index in [1.54, 1.807) is 19.1 Å². The van der Waals surface area contributed by atoms with Crippen LogP contribution < -0.4 is 9.21 Å². The average Bonchev–Trinajstić information content (AvgIpc) is 2.29. The van der Waals surface area contributed by atoms with Crippen LogP contribution in [0.25, 0.3) is 0 Å². The van der Waals surface area contributed by atoms with E-state index in [1.807, 2.05) is 13.8 Å². The zero-order valence-electron chi connectivity index (χ0n) is 11.1. The van der Waals surface area contributed by atoms with E-state index in [0.29, 0.717) is 11.4 Å². The Hall–Kier alpha value is -1.34. The second-order valence-electron chi connectivity index (χ2n) is 3.89. The molecule has 0 aliphatic rings. The molecule has 1 aromatic rings. The second kappa shape index (κ2) is 5.53. The highest BCUT2D eigenvalue weighted by molar-refractivity contribution is 7.87. The van der Waals surface area contributed by atoms with Crippen molar-refractivity contribution in [3.05, 3.63) is 17.8 Å². The summed E-state index contributed by atoms with van der Waals surface area (Å²) in [4.78, 5) is 6.42. The highest BCUT2D eigenvalue weighted by Gasteiger charge is 2.17. The Morgan fingerprint density at radius 1 is 1.28 bits per heavy atom. The van der Waals surface area contributed by atoms with Gasteiger partial charge in [-0.1, -0.05) is 0 Å². The molecule has 6 nitrogen and oxygen atoms in total. The van der Waals surface area contributed by atoms with Crippen LogP contribution >= 0.6 is 0 Å². The fourth-order valence-electron chi connectivity index (χ4n) is 1.72. The third kappa shape index (κ3) is 3.11. The Labute approximate surface area is 108 Å². The van der Waals surface area contributed by atoms with Gasteiger partial charge >= 0.3 is 10.3 Å². The Morgan fingerprint density at radius 2 is 1.83 bits per heavy atom. The van der Waals surface area contributed by atoms with Crippen LogP contribution in [0.5, 0.6) is 0 Å². The molecule has 0 atom stereocenters. The quantitative estimate of drug-likeness (QED) is 0.822. The van der Waals surface area contributed by atoms with Crippen LogP contribution in [-0.2, 0) is 10.3 Å². The Bertz CT molecular complexity index is 512. The maximum atomic E-state index is 11.1. The van der Waals surface area contributed by atoms with Gasteiger partial charge in [0, 0.05) is 20.1 Å². The van der Waals surface area contributed by atoms with E-state index in [0.717, 1.165) is 23.2 Å². The van der Waals surface area contributed by atoms with Gasteiger partial charge in [0.2, 0.25) is 0 Å². The van der Waals surface area contributed by atoms with Gasteiger partial charge in [-0.05, 0) is 32.9 Å². The lowest BCUT2D eigenvalue weighted by molar-refractivity contribution is 0.481. The minimum atomic E-state index is -4.24. The normalized spacial score (nSPS) is 11.4. The van der Waals surface area contributed by atoms with Gasteiger partial charge in [-0.25, -0.2) is 9.29 Å². The highest BCUT2D eigenvalue weighted by Crippen LogP contribution is 2.22. The standard InChI is InChI=1S/C11H19N3O3S/c1-5-14(6-2)11-8-7-10(9(3)12-11)13(4)18(15,16)17/h7-8H,5-6H2,1-4H3,(H,15,16,17). The topological polar surface area (TPSA) is 73.7 Å². The first-order chi connectivity index (χ1) is 8.31. The summed E-state index contributed by atoms with van der Waals surface area (Å²) in [5.41, 5.74) is 0.924. The van der Waals surface area contributed by atoms with Crippen LogP contribution in [0.3, 0.4) is 0 Å². The zero-order chi connectivity index (χ0) is 13.9. The van der Waals surface area contributed by atoms with Crippen LogP contribution in [0.2, 0.25) is 0 Å². The number of aromatic nitrogens is 1. The molecule has 7 heteroatoms. The Kier molecular flexibility index (Phi) is 4.53. The number of anilines is 2. The summed E-state index contributed by atoms with van der Waals surface area (Å²) in [5.74, 6) is 0.796. The largest absolute Gasteiger partial charge is 0.359 e. The number of pyridine rings is 1. The molecule has 0 saturated carbocycles. The number of aryl methyl sites for hydroxylation is 1. The van der Waals surface area contributed by atoms with Crippen molar-refractivity contribution in [1.29, 1.82) is 0 Å². The van der Waals surface area contributed by atoms with Crippen molar-refractivity contribution in [2.45, 2.75) is 20.8 Å². The van der Waals surface area contributed by atoms with Gasteiger partial charge in [0.15, 0.2) is 0 Å². The lowest BCUT2D eigenvalue weighted by atomic mass is 10.3. The molecule has 102 valence electrons. The van der Waals surface area contributed by atoms with Crippen molar-refractivity contribution >= 4 is 21.8 Å². The van der Waals surface area contributed by atoms with E-state index in [2.05, 4.69) is 9.88 Å². The molecule has 0 bridgehead atoms. The van der Waals surface area contributed by atoms with Gasteiger partial charge in [0.25, 0.3) is 0 Å². The number of rotatable bonds is 5. The molecule has 1 N–H and O–H groups in total. The number of nitrogens with zero attached hydrogens (tertiary/aromatic N) is 3. The van der Waals surface area contributed by atoms with E-state index < -0.39 is 10.3 Å². The van der Waals surface area contributed by atoms with Crippen molar-refractivity contribution in [1.82, 2.24) is 4.98 Å². The summed E-state index contributed by atoms with van der Waals surface area (Å²) in [5, 5.41) is 0. The predicted octanol–water partition coefficient (Wildman–Crippen LogP) is 1.48. The van der Waals surface area contributed by atoms with Crippen molar-refractivity contribution in [2.24, 2.45) is 0 Å². The smallest absolute Gasteiger partial charge is 0.357 e. The molecule has 0 aromatic carbocycles. The molecule has 0 saturated heterocycles. The Balaban J connectivity index is 3.14. The van der Waals surface area contributed by atoms with E-state index in [1.165, 1.54) is 7.05 Å². The molecule has 0 fully saturated rings. The maximum Gasteiger partial charge on any atom is 0.359 e. The molecule has 0 spiro atoms. The molecule has 18 heavy (non-hydrogen) atoms. The minimum Gasteiger partial charge on any atom is -0.357 e. The molecule has 0 aliphatic carbocycles. The highest BCUT2D eigenvalue weighted by atomic mass is 32.2. The molecule has 0 aliphatic heterocycles. The fourth-order valence-corrected chi connectivity index (χ4v) is 2.16. The first-order valence-corrected chi connectivity index (χ1v) is 7.14. The molecule has 0 radical (unpaired) electrons. The van der Waals surface area contributed by atoms with Crippen molar-refractivity contribution in [2.75, 3.05) is 29.3 Å². The van der Waals surface area contributed by atoms with Gasteiger partial charge < -0.3 is 4.90 Å². The summed E-state index contributed by atoms with van der Waals surface area (Å²) in [6, 6.07) is 3.39. The third-order valence-corrected chi connectivity index (χ3v) is 3.70. The van der Waals surface area contributed by atoms with Crippen molar-refractivity contribution < 1.29 is 13.0 Å². The van der Waals surface area contributed by atoms with Gasteiger partial charge in [-0.3, -0.25) is 4.55 Å². The lowest BCUT2D eigenvalue weighted by Crippen LogP contribution is -2.27. The monoisotopic (exact) mass is 273 g/mol.